The molecule has 3 heteroatoms. The van der Waals surface area contributed by atoms with E-state index >= 15 is 0 Å². The molecular formula is C52H57BN2. The molecule has 2 nitrogen and oxygen atoms in total. The van der Waals surface area contributed by atoms with Gasteiger partial charge in [0.15, 0.2) is 7.28 Å². The lowest BCUT2D eigenvalue weighted by molar-refractivity contribution is 0.590. The third kappa shape index (κ3) is 6.71. The molecule has 1 aliphatic rings. The fourth-order valence-electron chi connectivity index (χ4n) is 8.34. The van der Waals surface area contributed by atoms with Crippen molar-refractivity contribution in [3.05, 3.63) is 138 Å². The summed E-state index contributed by atoms with van der Waals surface area (Å²) in [5, 5.41) is 6.60. The van der Waals surface area contributed by atoms with Gasteiger partial charge < -0.3 is 9.88 Å². The largest absolute Gasteiger partial charge is 0.355 e. The molecule has 0 unspecified atom stereocenters. The van der Waals surface area contributed by atoms with E-state index in [1.807, 2.05) is 0 Å². The zero-order chi connectivity index (χ0) is 39.2. The van der Waals surface area contributed by atoms with Crippen LogP contribution in [0.1, 0.15) is 105 Å². The number of nitrogens with one attached hydrogen (secondary N) is 1. The molecular weight excluding hydrogens is 663 g/mol. The van der Waals surface area contributed by atoms with Gasteiger partial charge in [0.2, 0.25) is 0 Å². The zero-order valence-corrected chi connectivity index (χ0v) is 35.1. The molecule has 0 saturated carbocycles. The van der Waals surface area contributed by atoms with Gasteiger partial charge in [0.25, 0.3) is 0 Å². The van der Waals surface area contributed by atoms with Crippen molar-refractivity contribution in [3.8, 4) is 27.9 Å². The monoisotopic (exact) mass is 720 g/mol. The molecule has 0 radical (unpaired) electrons. The van der Waals surface area contributed by atoms with Gasteiger partial charge in [-0.1, -0.05) is 149 Å². The highest BCUT2D eigenvalue weighted by molar-refractivity contribution is 6.73. The molecule has 0 aliphatic carbocycles. The van der Waals surface area contributed by atoms with Crippen LogP contribution >= 0.6 is 0 Å². The molecule has 278 valence electrons. The first kappa shape index (κ1) is 36.9. The van der Waals surface area contributed by atoms with Crippen molar-refractivity contribution < 1.29 is 0 Å². The Morgan fingerprint density at radius 3 is 1.69 bits per heavy atom. The molecule has 0 spiro atoms. The number of benzene rings is 6. The Hall–Kier alpha value is -5.02. The smallest absolute Gasteiger partial charge is 0.198 e. The van der Waals surface area contributed by atoms with Gasteiger partial charge in [0.1, 0.15) is 0 Å². The Labute approximate surface area is 330 Å². The zero-order valence-electron chi connectivity index (χ0n) is 35.1. The maximum Gasteiger partial charge on any atom is 0.198 e. The number of hydrogen-bond acceptors (Lipinski definition) is 1. The van der Waals surface area contributed by atoms with Crippen molar-refractivity contribution in [2.45, 2.75) is 105 Å². The first-order chi connectivity index (χ1) is 25.8. The molecule has 1 aromatic heterocycles. The molecule has 0 amide bonds. The third-order valence-electron chi connectivity index (χ3n) is 11.8. The minimum absolute atomic E-state index is 0.0134. The summed E-state index contributed by atoms with van der Waals surface area (Å²) in [6.07, 6.45) is 0. The van der Waals surface area contributed by atoms with Crippen molar-refractivity contribution in [1.29, 1.82) is 0 Å². The SMILES string of the molecule is CC(C)(C)c1ccc(Nc2ccc(C(C)(C)C)cc2-c2cc(-c3ccccc3)cc3c2Bc2cc(C(C)(C)C)cc4c5cc(C(C)(C)C)ccc5n-3c24)cc1. The highest BCUT2D eigenvalue weighted by Crippen LogP contribution is 2.42. The van der Waals surface area contributed by atoms with Gasteiger partial charge >= 0.3 is 0 Å². The molecule has 6 aromatic carbocycles. The van der Waals surface area contributed by atoms with Crippen LogP contribution in [0.15, 0.2) is 115 Å². The van der Waals surface area contributed by atoms with E-state index in [1.165, 1.54) is 82.9 Å². The fourth-order valence-corrected chi connectivity index (χ4v) is 8.34. The van der Waals surface area contributed by atoms with Crippen LogP contribution < -0.4 is 16.2 Å². The number of fused-ring (bicyclic) bond motifs is 5. The lowest BCUT2D eigenvalue weighted by Gasteiger charge is -2.28. The maximum atomic E-state index is 3.90. The summed E-state index contributed by atoms with van der Waals surface area (Å²) in [4.78, 5) is 0. The summed E-state index contributed by atoms with van der Waals surface area (Å²) in [6.45, 7) is 27.8. The molecule has 2 heterocycles. The molecule has 0 fully saturated rings. The van der Waals surface area contributed by atoms with Crippen LogP contribution in [0.2, 0.25) is 0 Å². The first-order valence-corrected chi connectivity index (χ1v) is 20.1. The molecule has 55 heavy (non-hydrogen) atoms. The van der Waals surface area contributed by atoms with E-state index in [-0.39, 0.29) is 21.7 Å². The summed E-state index contributed by atoms with van der Waals surface area (Å²) in [5.74, 6) is 0. The van der Waals surface area contributed by atoms with Gasteiger partial charge in [-0.15, -0.1) is 0 Å². The van der Waals surface area contributed by atoms with E-state index in [0.29, 0.717) is 0 Å². The predicted molar refractivity (Wildman–Crippen MR) is 243 cm³/mol. The summed E-state index contributed by atoms with van der Waals surface area (Å²) in [5.41, 5.74) is 19.4. The molecule has 0 saturated heterocycles. The number of rotatable bonds is 4. The van der Waals surface area contributed by atoms with E-state index < -0.39 is 0 Å². The number of anilines is 2. The Morgan fingerprint density at radius 2 is 1.05 bits per heavy atom. The Bertz CT molecular complexity index is 2590. The summed E-state index contributed by atoms with van der Waals surface area (Å²) >= 11 is 0. The Kier molecular flexibility index (Phi) is 8.58. The van der Waals surface area contributed by atoms with Crippen molar-refractivity contribution >= 4 is 51.4 Å². The number of nitrogens with zero attached hydrogens (tertiary/aromatic N) is 1. The summed E-state index contributed by atoms with van der Waals surface area (Å²) in [7, 11) is 0.863. The maximum absolute atomic E-state index is 3.90. The van der Waals surface area contributed by atoms with E-state index in [2.05, 4.69) is 208 Å². The van der Waals surface area contributed by atoms with Crippen LogP contribution in [-0.4, -0.2) is 11.8 Å². The average Bonchev–Trinajstić information content (AvgIpc) is 3.45. The van der Waals surface area contributed by atoms with Gasteiger partial charge in [-0.3, -0.25) is 0 Å². The van der Waals surface area contributed by atoms with E-state index in [4.69, 9.17) is 0 Å². The minimum Gasteiger partial charge on any atom is -0.355 e. The second kappa shape index (κ2) is 12.8. The van der Waals surface area contributed by atoms with Crippen molar-refractivity contribution in [2.24, 2.45) is 0 Å². The minimum atomic E-state index is -0.0134. The third-order valence-corrected chi connectivity index (χ3v) is 11.8. The van der Waals surface area contributed by atoms with Crippen LogP contribution in [0, 0.1) is 0 Å². The normalized spacial score (nSPS) is 13.2. The quantitative estimate of drug-likeness (QED) is 0.179. The van der Waals surface area contributed by atoms with Crippen molar-refractivity contribution in [2.75, 3.05) is 5.32 Å². The second-order valence-electron chi connectivity index (χ2n) is 20.1. The van der Waals surface area contributed by atoms with E-state index in [0.717, 1.165) is 18.7 Å². The Balaban J connectivity index is 1.45. The van der Waals surface area contributed by atoms with Crippen LogP contribution in [0.3, 0.4) is 0 Å². The standard InChI is InChI=1S/C52H57BN2/c1-49(2,3)34-18-22-38(23-19-34)54-44-24-20-35(50(4,5)6)28-39(44)41-26-33(32-16-14-13-15-17-32)27-46-47(41)53-43-31-37(52(10,11)12)30-42-40-29-36(51(7,8)9)21-25-45(40)55(46)48(42)43/h13-31,53-54H,1-12H3. The molecule has 8 rings (SSSR count). The highest BCUT2D eigenvalue weighted by atomic mass is 15.0. The lowest BCUT2D eigenvalue weighted by Crippen LogP contribution is -2.38. The van der Waals surface area contributed by atoms with E-state index in [1.54, 1.807) is 0 Å². The van der Waals surface area contributed by atoms with Gasteiger partial charge in [0, 0.05) is 38.9 Å². The number of hydrogen-bond donors (Lipinski definition) is 1. The highest BCUT2D eigenvalue weighted by Gasteiger charge is 2.30. The Morgan fingerprint density at radius 1 is 0.473 bits per heavy atom. The lowest BCUT2D eigenvalue weighted by atomic mass is 9.58. The van der Waals surface area contributed by atoms with Crippen molar-refractivity contribution in [3.63, 3.8) is 0 Å². The van der Waals surface area contributed by atoms with Crippen LogP contribution in [-0.2, 0) is 21.7 Å². The van der Waals surface area contributed by atoms with E-state index in [9.17, 15) is 0 Å². The molecule has 0 bridgehead atoms. The van der Waals surface area contributed by atoms with Crippen LogP contribution in [0.5, 0.6) is 0 Å². The van der Waals surface area contributed by atoms with Gasteiger partial charge in [-0.25, -0.2) is 0 Å². The number of aromatic nitrogens is 1. The van der Waals surface area contributed by atoms with Gasteiger partial charge in [0.05, 0.1) is 5.52 Å². The fraction of sp³-hybridized carbons (Fsp3) is 0.308. The second-order valence-corrected chi connectivity index (χ2v) is 20.1. The molecule has 1 N–H and O–H groups in total. The van der Waals surface area contributed by atoms with Gasteiger partial charge in [-0.05, 0) is 121 Å². The first-order valence-electron chi connectivity index (χ1n) is 20.1. The van der Waals surface area contributed by atoms with Crippen LogP contribution in [0.25, 0.3) is 49.7 Å². The van der Waals surface area contributed by atoms with Gasteiger partial charge in [-0.2, -0.15) is 0 Å². The predicted octanol–water partition coefficient (Wildman–Crippen LogP) is 12.8. The summed E-state index contributed by atoms with van der Waals surface area (Å²) in [6, 6.07) is 44.1. The van der Waals surface area contributed by atoms with Crippen LogP contribution in [0.4, 0.5) is 11.4 Å². The topological polar surface area (TPSA) is 17.0 Å². The van der Waals surface area contributed by atoms with Crippen molar-refractivity contribution in [1.82, 2.24) is 4.57 Å². The average molecular weight is 721 g/mol. The molecule has 1 aliphatic heterocycles. The molecule has 0 atom stereocenters. The summed E-state index contributed by atoms with van der Waals surface area (Å²) < 4.78 is 2.60. The molecule has 7 aromatic rings.